The monoisotopic (exact) mass is 443 g/mol. The Hall–Kier alpha value is -4.00. The Morgan fingerprint density at radius 2 is 1.79 bits per heavy atom. The quantitative estimate of drug-likeness (QED) is 0.614. The third kappa shape index (κ3) is 4.35. The molecule has 1 saturated heterocycles. The zero-order valence-electron chi connectivity index (χ0n) is 18.4. The van der Waals surface area contributed by atoms with Crippen molar-refractivity contribution < 1.29 is 19.1 Å². The molecule has 1 N–H and O–H groups in total. The SMILES string of the molecule is Cc1ccc(N2CCCN(Cc3ccccc3)C2=O)c(NC(=O)c2ccc3c(c2)OCO3)c1. The van der Waals surface area contributed by atoms with E-state index in [0.717, 1.165) is 17.5 Å². The summed E-state index contributed by atoms with van der Waals surface area (Å²) in [5.74, 6) is 0.904. The molecule has 0 spiro atoms. The average Bonchev–Trinajstić information content (AvgIpc) is 3.30. The van der Waals surface area contributed by atoms with Crippen LogP contribution in [0.2, 0.25) is 0 Å². The second kappa shape index (κ2) is 8.86. The molecule has 1 fully saturated rings. The minimum atomic E-state index is -0.272. The zero-order valence-corrected chi connectivity index (χ0v) is 18.4. The maximum atomic E-state index is 13.4. The Labute approximate surface area is 192 Å². The summed E-state index contributed by atoms with van der Waals surface area (Å²) in [4.78, 5) is 30.0. The highest BCUT2D eigenvalue weighted by Gasteiger charge is 2.29. The number of fused-ring (bicyclic) bond motifs is 1. The normalized spacial score (nSPS) is 15.0. The van der Waals surface area contributed by atoms with Gasteiger partial charge in [0.2, 0.25) is 6.79 Å². The van der Waals surface area contributed by atoms with Crippen LogP contribution < -0.4 is 19.7 Å². The number of aryl methyl sites for hydroxylation is 1. The van der Waals surface area contributed by atoms with Crippen LogP contribution in [-0.2, 0) is 6.54 Å². The van der Waals surface area contributed by atoms with Crippen molar-refractivity contribution in [3.05, 3.63) is 83.4 Å². The van der Waals surface area contributed by atoms with Crippen LogP contribution in [0.4, 0.5) is 16.2 Å². The number of carbonyl (C=O) groups excluding carboxylic acids is 2. The summed E-state index contributed by atoms with van der Waals surface area (Å²) in [5.41, 5.74) is 3.84. The van der Waals surface area contributed by atoms with Crippen LogP contribution in [-0.4, -0.2) is 36.7 Å². The van der Waals surface area contributed by atoms with Crippen LogP contribution in [0.15, 0.2) is 66.7 Å². The van der Waals surface area contributed by atoms with Gasteiger partial charge in [0.1, 0.15) is 0 Å². The van der Waals surface area contributed by atoms with Gasteiger partial charge in [-0.2, -0.15) is 0 Å². The number of benzene rings is 3. The van der Waals surface area contributed by atoms with Gasteiger partial charge in [-0.15, -0.1) is 0 Å². The minimum Gasteiger partial charge on any atom is -0.454 e. The lowest BCUT2D eigenvalue weighted by Crippen LogP contribution is -2.49. The van der Waals surface area contributed by atoms with E-state index in [1.54, 1.807) is 23.1 Å². The summed E-state index contributed by atoms with van der Waals surface area (Å²) in [6.07, 6.45) is 0.849. The molecule has 0 atom stereocenters. The van der Waals surface area contributed by atoms with Gasteiger partial charge in [0, 0.05) is 25.2 Å². The fraction of sp³-hybridized carbons (Fsp3) is 0.231. The van der Waals surface area contributed by atoms with Crippen LogP contribution in [0.1, 0.15) is 27.9 Å². The van der Waals surface area contributed by atoms with E-state index in [4.69, 9.17) is 9.47 Å². The summed E-state index contributed by atoms with van der Waals surface area (Å²) >= 11 is 0. The molecule has 7 heteroatoms. The van der Waals surface area contributed by atoms with Crippen molar-refractivity contribution in [2.45, 2.75) is 19.9 Å². The second-order valence-electron chi connectivity index (χ2n) is 8.24. The third-order valence-corrected chi connectivity index (χ3v) is 5.85. The van der Waals surface area contributed by atoms with Gasteiger partial charge in [-0.3, -0.25) is 9.69 Å². The number of nitrogens with one attached hydrogen (secondary N) is 1. The Morgan fingerprint density at radius 1 is 0.970 bits per heavy atom. The number of anilines is 2. The summed E-state index contributed by atoms with van der Waals surface area (Å²) in [6, 6.07) is 20.7. The van der Waals surface area contributed by atoms with Crippen LogP contribution in [0.5, 0.6) is 11.5 Å². The largest absolute Gasteiger partial charge is 0.454 e. The minimum absolute atomic E-state index is 0.0625. The molecule has 2 aliphatic heterocycles. The van der Waals surface area contributed by atoms with Gasteiger partial charge >= 0.3 is 6.03 Å². The zero-order chi connectivity index (χ0) is 22.8. The predicted octanol–water partition coefficient (Wildman–Crippen LogP) is 4.81. The molecule has 0 saturated carbocycles. The van der Waals surface area contributed by atoms with E-state index in [9.17, 15) is 9.59 Å². The molecule has 7 nitrogen and oxygen atoms in total. The molecule has 2 heterocycles. The van der Waals surface area contributed by atoms with Crippen LogP contribution in [0.25, 0.3) is 0 Å². The van der Waals surface area contributed by atoms with Crippen LogP contribution >= 0.6 is 0 Å². The fourth-order valence-corrected chi connectivity index (χ4v) is 4.17. The molecule has 0 unspecified atom stereocenters. The van der Waals surface area contributed by atoms with E-state index in [0.29, 0.717) is 48.1 Å². The number of amides is 3. The predicted molar refractivity (Wildman–Crippen MR) is 126 cm³/mol. The first-order chi connectivity index (χ1) is 16.1. The lowest BCUT2D eigenvalue weighted by atomic mass is 10.1. The molecule has 3 aromatic carbocycles. The molecular weight excluding hydrogens is 418 g/mol. The first kappa shape index (κ1) is 20.9. The third-order valence-electron chi connectivity index (χ3n) is 5.85. The van der Waals surface area contributed by atoms with E-state index >= 15 is 0 Å². The van der Waals surface area contributed by atoms with Crippen molar-refractivity contribution in [1.82, 2.24) is 4.90 Å². The first-order valence-corrected chi connectivity index (χ1v) is 11.0. The molecule has 33 heavy (non-hydrogen) atoms. The Bertz CT molecular complexity index is 1200. The van der Waals surface area contributed by atoms with Gasteiger partial charge in [-0.1, -0.05) is 36.4 Å². The Kier molecular flexibility index (Phi) is 5.60. The highest BCUT2D eigenvalue weighted by Crippen LogP contribution is 2.34. The standard InChI is InChI=1S/C26H25N3O4/c1-18-8-10-22(29-13-5-12-28(26(29)31)16-19-6-3-2-4-7-19)21(14-18)27-25(30)20-9-11-23-24(15-20)33-17-32-23/h2-4,6-11,14-15H,5,12-13,16-17H2,1H3,(H,27,30). The number of urea groups is 1. The summed E-state index contributed by atoms with van der Waals surface area (Å²) < 4.78 is 10.7. The van der Waals surface area contributed by atoms with Crippen molar-refractivity contribution in [3.63, 3.8) is 0 Å². The van der Waals surface area contributed by atoms with Gasteiger partial charge < -0.3 is 19.7 Å². The van der Waals surface area contributed by atoms with E-state index < -0.39 is 0 Å². The molecule has 2 aliphatic rings. The number of rotatable bonds is 5. The molecule has 3 aromatic rings. The van der Waals surface area contributed by atoms with Crippen molar-refractivity contribution in [1.29, 1.82) is 0 Å². The second-order valence-corrected chi connectivity index (χ2v) is 8.24. The van der Waals surface area contributed by atoms with E-state index in [-0.39, 0.29) is 18.7 Å². The molecule has 168 valence electrons. The molecular formula is C26H25N3O4. The summed E-state index contributed by atoms with van der Waals surface area (Å²) in [7, 11) is 0. The smallest absolute Gasteiger partial charge is 0.324 e. The van der Waals surface area contributed by atoms with Crippen molar-refractivity contribution >= 4 is 23.3 Å². The average molecular weight is 444 g/mol. The highest BCUT2D eigenvalue weighted by atomic mass is 16.7. The summed E-state index contributed by atoms with van der Waals surface area (Å²) in [6.45, 7) is 3.97. The molecule has 5 rings (SSSR count). The molecule has 0 radical (unpaired) electrons. The number of nitrogens with zero attached hydrogens (tertiary/aromatic N) is 2. The fourth-order valence-electron chi connectivity index (χ4n) is 4.17. The van der Waals surface area contributed by atoms with E-state index in [1.807, 2.05) is 60.4 Å². The van der Waals surface area contributed by atoms with E-state index in [2.05, 4.69) is 5.32 Å². The van der Waals surface area contributed by atoms with Crippen LogP contribution in [0.3, 0.4) is 0 Å². The van der Waals surface area contributed by atoms with Gasteiger partial charge in [0.05, 0.1) is 11.4 Å². The van der Waals surface area contributed by atoms with Gasteiger partial charge in [0.25, 0.3) is 5.91 Å². The van der Waals surface area contributed by atoms with Gasteiger partial charge in [-0.25, -0.2) is 4.79 Å². The topological polar surface area (TPSA) is 71.1 Å². The van der Waals surface area contributed by atoms with Crippen LogP contribution in [0, 0.1) is 6.92 Å². The maximum Gasteiger partial charge on any atom is 0.324 e. The van der Waals surface area contributed by atoms with Crippen molar-refractivity contribution in [2.24, 2.45) is 0 Å². The van der Waals surface area contributed by atoms with Crippen molar-refractivity contribution in [3.8, 4) is 11.5 Å². The van der Waals surface area contributed by atoms with Gasteiger partial charge in [-0.05, 0) is 54.8 Å². The highest BCUT2D eigenvalue weighted by molar-refractivity contribution is 6.08. The number of hydrogen-bond donors (Lipinski definition) is 1. The Morgan fingerprint density at radius 3 is 2.64 bits per heavy atom. The number of ether oxygens (including phenoxy) is 2. The van der Waals surface area contributed by atoms with E-state index in [1.165, 1.54) is 0 Å². The Balaban J connectivity index is 1.38. The lowest BCUT2D eigenvalue weighted by Gasteiger charge is -2.36. The lowest BCUT2D eigenvalue weighted by molar-refractivity contribution is 0.102. The van der Waals surface area contributed by atoms with Gasteiger partial charge in [0.15, 0.2) is 11.5 Å². The molecule has 0 bridgehead atoms. The maximum absolute atomic E-state index is 13.4. The molecule has 3 amide bonds. The summed E-state index contributed by atoms with van der Waals surface area (Å²) in [5, 5.41) is 2.99. The first-order valence-electron chi connectivity index (χ1n) is 11.0. The number of carbonyl (C=O) groups is 2. The van der Waals surface area contributed by atoms with Crippen molar-refractivity contribution in [2.75, 3.05) is 30.1 Å². The number of hydrogen-bond acceptors (Lipinski definition) is 4. The molecule has 0 aromatic heterocycles. The molecule has 0 aliphatic carbocycles.